The van der Waals surface area contributed by atoms with Gasteiger partial charge in [0.1, 0.15) is 17.4 Å². The Morgan fingerprint density at radius 1 is 0.827 bits per heavy atom. The number of nitrogens with two attached hydrogens (primary N) is 1. The van der Waals surface area contributed by atoms with Gasteiger partial charge in [-0.05, 0) is 98.9 Å². The number of phenols is 1. The summed E-state index contributed by atoms with van der Waals surface area (Å²) in [5.41, 5.74) is 12.2. The SMILES string of the molecule is Nc1nnc(-c2ccccc2O)cc1-c1cnn(C2CCN(C3CCC(c4ccc5c(c4)c4cccnc4n5C4CCC(=O)NC4=O)CC3)CC2)c1. The highest BCUT2D eigenvalue weighted by Gasteiger charge is 2.33. The maximum absolute atomic E-state index is 12.9. The quantitative estimate of drug-likeness (QED) is 0.174. The van der Waals surface area contributed by atoms with Gasteiger partial charge in [-0.25, -0.2) is 4.98 Å². The van der Waals surface area contributed by atoms with E-state index < -0.39 is 6.04 Å². The minimum absolute atomic E-state index is 0.149. The highest BCUT2D eigenvalue weighted by Crippen LogP contribution is 2.40. The van der Waals surface area contributed by atoms with Gasteiger partial charge < -0.3 is 20.3 Å². The maximum atomic E-state index is 12.9. The van der Waals surface area contributed by atoms with Crippen molar-refractivity contribution in [1.82, 2.24) is 39.7 Å². The number of nitrogens with one attached hydrogen (secondary N) is 1. The molecule has 0 spiro atoms. The zero-order chi connectivity index (χ0) is 35.3. The van der Waals surface area contributed by atoms with Gasteiger partial charge in [-0.1, -0.05) is 18.2 Å². The minimum atomic E-state index is -0.449. The predicted octanol–water partition coefficient (Wildman–Crippen LogP) is 6.14. The number of hydrogen-bond donors (Lipinski definition) is 3. The molecule has 12 nitrogen and oxygen atoms in total. The number of aromatic hydroxyl groups is 1. The summed E-state index contributed by atoms with van der Waals surface area (Å²) >= 11 is 0. The van der Waals surface area contributed by atoms with Crippen molar-refractivity contribution in [1.29, 1.82) is 0 Å². The van der Waals surface area contributed by atoms with E-state index in [2.05, 4.69) is 60.5 Å². The number of nitrogen functional groups attached to an aromatic ring is 1. The largest absolute Gasteiger partial charge is 0.507 e. The second kappa shape index (κ2) is 13.2. The lowest BCUT2D eigenvalue weighted by atomic mass is 9.80. The molecule has 9 rings (SSSR count). The smallest absolute Gasteiger partial charge is 0.249 e. The Hall–Kier alpha value is -5.62. The Kier molecular flexibility index (Phi) is 8.18. The summed E-state index contributed by atoms with van der Waals surface area (Å²) < 4.78 is 4.10. The average Bonchev–Trinajstić information content (AvgIpc) is 3.79. The topological polar surface area (TPSA) is 157 Å². The van der Waals surface area contributed by atoms with E-state index in [0.29, 0.717) is 47.9 Å². The first-order valence-corrected chi connectivity index (χ1v) is 18.3. The lowest BCUT2D eigenvalue weighted by Crippen LogP contribution is -2.43. The van der Waals surface area contributed by atoms with Crippen molar-refractivity contribution in [2.75, 3.05) is 18.8 Å². The van der Waals surface area contributed by atoms with Crippen LogP contribution in [-0.4, -0.2) is 70.5 Å². The van der Waals surface area contributed by atoms with E-state index in [1.807, 2.05) is 35.0 Å². The third-order valence-corrected chi connectivity index (χ3v) is 11.6. The van der Waals surface area contributed by atoms with Crippen molar-refractivity contribution in [2.45, 2.75) is 75.4 Å². The van der Waals surface area contributed by atoms with Crippen LogP contribution < -0.4 is 11.1 Å². The van der Waals surface area contributed by atoms with E-state index in [0.717, 1.165) is 71.8 Å². The number of fused-ring (bicyclic) bond motifs is 3. The molecular weight excluding hydrogens is 655 g/mol. The molecule has 12 heteroatoms. The summed E-state index contributed by atoms with van der Waals surface area (Å²) in [4.78, 5) is 32.1. The average molecular weight is 696 g/mol. The molecule has 52 heavy (non-hydrogen) atoms. The number of amides is 2. The number of carbonyl (C=O) groups excluding carboxylic acids is 2. The van der Waals surface area contributed by atoms with E-state index >= 15 is 0 Å². The van der Waals surface area contributed by atoms with Crippen LogP contribution in [0.3, 0.4) is 0 Å². The van der Waals surface area contributed by atoms with E-state index in [-0.39, 0.29) is 17.6 Å². The van der Waals surface area contributed by atoms with Gasteiger partial charge in [0.2, 0.25) is 11.8 Å². The molecule has 2 amide bonds. The lowest BCUT2D eigenvalue weighted by Gasteiger charge is -2.41. The molecule has 2 aliphatic heterocycles. The molecule has 6 aromatic rings. The molecule has 6 heterocycles. The van der Waals surface area contributed by atoms with Crippen LogP contribution in [-0.2, 0) is 9.59 Å². The number of rotatable bonds is 6. The number of pyridine rings is 1. The van der Waals surface area contributed by atoms with Gasteiger partial charge in [0.25, 0.3) is 0 Å². The maximum Gasteiger partial charge on any atom is 0.249 e. The van der Waals surface area contributed by atoms with Crippen LogP contribution in [0, 0.1) is 0 Å². The first kappa shape index (κ1) is 32.3. The monoisotopic (exact) mass is 695 g/mol. The van der Waals surface area contributed by atoms with Gasteiger partial charge in [0.15, 0.2) is 5.82 Å². The molecule has 2 aromatic carbocycles. The number of benzene rings is 2. The molecule has 3 fully saturated rings. The number of likely N-dealkylation sites (tertiary alicyclic amines) is 1. The molecule has 0 radical (unpaired) electrons. The summed E-state index contributed by atoms with van der Waals surface area (Å²) in [6, 6.07) is 20.1. The second-order valence-corrected chi connectivity index (χ2v) is 14.5. The van der Waals surface area contributed by atoms with Crippen LogP contribution in [0.2, 0.25) is 0 Å². The number of anilines is 1. The van der Waals surface area contributed by atoms with Crippen molar-refractivity contribution in [3.05, 3.63) is 84.8 Å². The second-order valence-electron chi connectivity index (χ2n) is 14.5. The molecule has 4 N–H and O–H groups in total. The van der Waals surface area contributed by atoms with E-state index in [4.69, 9.17) is 10.8 Å². The van der Waals surface area contributed by atoms with E-state index in [1.165, 1.54) is 18.4 Å². The van der Waals surface area contributed by atoms with Crippen LogP contribution in [0.4, 0.5) is 5.82 Å². The van der Waals surface area contributed by atoms with Crippen molar-refractivity contribution < 1.29 is 14.7 Å². The number of aromatic nitrogens is 6. The molecule has 1 atom stereocenters. The van der Waals surface area contributed by atoms with Gasteiger partial charge in [-0.2, -0.15) is 5.10 Å². The van der Waals surface area contributed by atoms with Crippen LogP contribution in [0.1, 0.15) is 74.9 Å². The Bertz CT molecular complexity index is 2310. The van der Waals surface area contributed by atoms with Crippen LogP contribution in [0.15, 0.2) is 79.3 Å². The number of nitrogens with zero attached hydrogens (tertiary/aromatic N) is 7. The number of imide groups is 1. The number of para-hydroxylation sites is 1. The summed E-state index contributed by atoms with van der Waals surface area (Å²) in [6.07, 6.45) is 13.2. The fourth-order valence-corrected chi connectivity index (χ4v) is 8.81. The molecule has 1 aliphatic carbocycles. The van der Waals surface area contributed by atoms with Crippen molar-refractivity contribution in [3.8, 4) is 28.1 Å². The Morgan fingerprint density at radius 3 is 2.46 bits per heavy atom. The first-order valence-electron chi connectivity index (χ1n) is 18.3. The number of phenolic OH excluding ortho intramolecular Hbond substituents is 1. The molecule has 4 aromatic heterocycles. The van der Waals surface area contributed by atoms with E-state index in [1.54, 1.807) is 18.3 Å². The summed E-state index contributed by atoms with van der Waals surface area (Å²) in [5, 5.41) is 28.1. The normalized spacial score (nSPS) is 21.9. The van der Waals surface area contributed by atoms with Crippen LogP contribution in [0.25, 0.3) is 44.3 Å². The third kappa shape index (κ3) is 5.76. The van der Waals surface area contributed by atoms with Crippen LogP contribution in [0.5, 0.6) is 5.75 Å². The van der Waals surface area contributed by atoms with Gasteiger partial charge in [-0.15, -0.1) is 10.2 Å². The Balaban J connectivity index is 0.847. The van der Waals surface area contributed by atoms with Gasteiger partial charge in [0.05, 0.1) is 23.4 Å². The fraction of sp³-hybridized carbons (Fsp3) is 0.350. The standard InChI is InChI=1S/C40H41N9O3/c41-38-31(21-33(45-46-38)30-4-1-2-6-36(30)50)26-22-43-48(23-26)28-15-18-47(19-16-28)27-10-7-24(8-11-27)25-9-12-34-32(20-25)29-5-3-17-42-39(29)49(34)35-13-14-37(51)44-40(35)52/h1-6,9,12,17,20-24,27-28,35,50H,7-8,10-11,13-16,18-19H2,(H2,41,46)(H,44,51,52). The van der Waals surface area contributed by atoms with Crippen LogP contribution >= 0.6 is 0 Å². The molecule has 2 saturated heterocycles. The molecule has 1 unspecified atom stereocenters. The van der Waals surface area contributed by atoms with Crippen molar-refractivity contribution >= 4 is 39.6 Å². The molecule has 0 bridgehead atoms. The van der Waals surface area contributed by atoms with Gasteiger partial charge >= 0.3 is 0 Å². The van der Waals surface area contributed by atoms with E-state index in [9.17, 15) is 14.7 Å². The molecule has 1 saturated carbocycles. The Morgan fingerprint density at radius 2 is 1.65 bits per heavy atom. The number of hydrogen-bond acceptors (Lipinski definition) is 9. The molecule has 3 aliphatic rings. The summed E-state index contributed by atoms with van der Waals surface area (Å²) in [6.45, 7) is 2.09. The molecular formula is C40H41N9O3. The Labute approximate surface area is 300 Å². The van der Waals surface area contributed by atoms with Crippen molar-refractivity contribution in [2.24, 2.45) is 0 Å². The number of carbonyl (C=O) groups is 2. The molecule has 264 valence electrons. The zero-order valence-corrected chi connectivity index (χ0v) is 28.9. The summed E-state index contributed by atoms with van der Waals surface area (Å²) in [7, 11) is 0. The van der Waals surface area contributed by atoms with Crippen molar-refractivity contribution in [3.63, 3.8) is 0 Å². The third-order valence-electron chi connectivity index (χ3n) is 11.6. The van der Waals surface area contributed by atoms with Gasteiger partial charge in [-0.3, -0.25) is 19.6 Å². The highest BCUT2D eigenvalue weighted by atomic mass is 16.3. The predicted molar refractivity (Wildman–Crippen MR) is 198 cm³/mol. The summed E-state index contributed by atoms with van der Waals surface area (Å²) in [5.74, 6) is 0.509. The van der Waals surface area contributed by atoms with Gasteiger partial charge in [0, 0.05) is 65.4 Å². The highest BCUT2D eigenvalue weighted by molar-refractivity contribution is 6.09. The lowest BCUT2D eigenvalue weighted by molar-refractivity contribution is -0.135. The zero-order valence-electron chi connectivity index (χ0n) is 28.9. The first-order chi connectivity index (χ1) is 25.4. The number of piperidine rings is 2. The minimum Gasteiger partial charge on any atom is -0.507 e. The fourth-order valence-electron chi connectivity index (χ4n) is 8.81.